The van der Waals surface area contributed by atoms with E-state index in [1.54, 1.807) is 13.8 Å². The molecular formula is C12H15FN2O2. The Labute approximate surface area is 99.4 Å². The standard InChI is InChI=1S/C12H15FN2O2/c1-8(2)15(12(17)14-3)11(16)9-5-4-6-10(13)7-9/h4-8H,1-3H3,(H,14,17). The van der Waals surface area contributed by atoms with Gasteiger partial charge in [0, 0.05) is 18.7 Å². The van der Waals surface area contributed by atoms with Gasteiger partial charge in [0.1, 0.15) is 5.82 Å². The number of benzene rings is 1. The van der Waals surface area contributed by atoms with Crippen molar-refractivity contribution in [3.05, 3.63) is 35.6 Å². The number of hydrogen-bond donors (Lipinski definition) is 1. The number of hydrogen-bond acceptors (Lipinski definition) is 2. The van der Waals surface area contributed by atoms with E-state index in [1.165, 1.54) is 25.2 Å². The van der Waals surface area contributed by atoms with Gasteiger partial charge in [0.05, 0.1) is 0 Å². The van der Waals surface area contributed by atoms with Crippen molar-refractivity contribution in [1.82, 2.24) is 10.2 Å². The number of halogens is 1. The molecule has 1 aromatic rings. The summed E-state index contributed by atoms with van der Waals surface area (Å²) in [6.07, 6.45) is 0. The van der Waals surface area contributed by atoms with Crippen LogP contribution in [0.25, 0.3) is 0 Å². The highest BCUT2D eigenvalue weighted by Crippen LogP contribution is 2.10. The molecule has 0 spiro atoms. The summed E-state index contributed by atoms with van der Waals surface area (Å²) in [5, 5.41) is 2.38. The Morgan fingerprint density at radius 3 is 2.47 bits per heavy atom. The maximum absolute atomic E-state index is 13.0. The zero-order valence-electron chi connectivity index (χ0n) is 10.0. The van der Waals surface area contributed by atoms with E-state index in [0.29, 0.717) is 0 Å². The summed E-state index contributed by atoms with van der Waals surface area (Å²) in [6.45, 7) is 3.43. The molecule has 0 aliphatic rings. The molecule has 0 aliphatic carbocycles. The van der Waals surface area contributed by atoms with Gasteiger partial charge < -0.3 is 5.32 Å². The number of nitrogens with one attached hydrogen (secondary N) is 1. The molecule has 92 valence electrons. The first-order valence-electron chi connectivity index (χ1n) is 5.28. The fourth-order valence-electron chi connectivity index (χ4n) is 1.44. The van der Waals surface area contributed by atoms with Crippen LogP contribution in [0.2, 0.25) is 0 Å². The summed E-state index contributed by atoms with van der Waals surface area (Å²) in [5.74, 6) is -1.02. The van der Waals surface area contributed by atoms with Crippen molar-refractivity contribution in [2.24, 2.45) is 0 Å². The SMILES string of the molecule is CNC(=O)N(C(=O)c1cccc(F)c1)C(C)C. The van der Waals surface area contributed by atoms with E-state index in [2.05, 4.69) is 5.32 Å². The molecule has 1 aromatic carbocycles. The van der Waals surface area contributed by atoms with Crippen LogP contribution in [0.3, 0.4) is 0 Å². The third kappa shape index (κ3) is 3.03. The number of carbonyl (C=O) groups is 2. The monoisotopic (exact) mass is 238 g/mol. The molecule has 0 saturated heterocycles. The molecule has 1 N–H and O–H groups in total. The van der Waals surface area contributed by atoms with Crippen molar-refractivity contribution in [2.45, 2.75) is 19.9 Å². The Kier molecular flexibility index (Phi) is 4.20. The van der Waals surface area contributed by atoms with E-state index in [1.807, 2.05) is 0 Å². The minimum atomic E-state index is -0.515. The molecule has 0 fully saturated rings. The van der Waals surface area contributed by atoms with Crippen molar-refractivity contribution in [2.75, 3.05) is 7.05 Å². The second-order valence-electron chi connectivity index (χ2n) is 3.83. The van der Waals surface area contributed by atoms with Gasteiger partial charge in [-0.2, -0.15) is 0 Å². The molecular weight excluding hydrogens is 223 g/mol. The summed E-state index contributed by atoms with van der Waals surface area (Å²) >= 11 is 0. The molecule has 4 nitrogen and oxygen atoms in total. The van der Waals surface area contributed by atoms with Crippen LogP contribution in [0, 0.1) is 5.82 Å². The normalized spacial score (nSPS) is 10.2. The Morgan fingerprint density at radius 2 is 2.00 bits per heavy atom. The molecule has 0 aliphatic heterocycles. The van der Waals surface area contributed by atoms with E-state index < -0.39 is 17.8 Å². The van der Waals surface area contributed by atoms with Gasteiger partial charge in [-0.1, -0.05) is 6.07 Å². The molecule has 0 unspecified atom stereocenters. The van der Waals surface area contributed by atoms with E-state index in [0.717, 1.165) is 11.0 Å². The number of nitrogens with zero attached hydrogens (tertiary/aromatic N) is 1. The van der Waals surface area contributed by atoms with Crippen LogP contribution in [-0.4, -0.2) is 29.9 Å². The molecule has 3 amide bonds. The average Bonchev–Trinajstić information content (AvgIpc) is 2.28. The highest BCUT2D eigenvalue weighted by atomic mass is 19.1. The van der Waals surface area contributed by atoms with Crippen LogP contribution in [-0.2, 0) is 0 Å². The van der Waals surface area contributed by atoms with Gasteiger partial charge in [0.2, 0.25) is 0 Å². The zero-order valence-corrected chi connectivity index (χ0v) is 10.0. The molecule has 0 aromatic heterocycles. The second-order valence-corrected chi connectivity index (χ2v) is 3.83. The molecule has 5 heteroatoms. The Hall–Kier alpha value is -1.91. The van der Waals surface area contributed by atoms with Gasteiger partial charge in [0.15, 0.2) is 0 Å². The van der Waals surface area contributed by atoms with Crippen LogP contribution >= 0.6 is 0 Å². The summed E-state index contributed by atoms with van der Waals surface area (Å²) in [5.41, 5.74) is 0.155. The van der Waals surface area contributed by atoms with Crippen molar-refractivity contribution in [3.63, 3.8) is 0 Å². The molecule has 0 saturated carbocycles. The first-order valence-corrected chi connectivity index (χ1v) is 5.28. The number of urea groups is 1. The highest BCUT2D eigenvalue weighted by molar-refractivity contribution is 6.04. The number of amides is 3. The van der Waals surface area contributed by atoms with Gasteiger partial charge >= 0.3 is 6.03 Å². The van der Waals surface area contributed by atoms with Gasteiger partial charge in [-0.25, -0.2) is 9.18 Å². The smallest absolute Gasteiger partial charge is 0.324 e. The Balaban J connectivity index is 3.04. The van der Waals surface area contributed by atoms with Gasteiger partial charge in [-0.05, 0) is 32.0 Å². The lowest BCUT2D eigenvalue weighted by molar-refractivity contribution is 0.0764. The quantitative estimate of drug-likeness (QED) is 0.856. The Morgan fingerprint density at radius 1 is 1.35 bits per heavy atom. The predicted octanol–water partition coefficient (Wildman–Crippen LogP) is 2.02. The lowest BCUT2D eigenvalue weighted by atomic mass is 10.1. The van der Waals surface area contributed by atoms with Crippen LogP contribution in [0.5, 0.6) is 0 Å². The number of rotatable bonds is 2. The van der Waals surface area contributed by atoms with Crippen LogP contribution < -0.4 is 5.32 Å². The van der Waals surface area contributed by atoms with Crippen molar-refractivity contribution in [1.29, 1.82) is 0 Å². The molecule has 0 heterocycles. The maximum Gasteiger partial charge on any atom is 0.324 e. The zero-order chi connectivity index (χ0) is 13.0. The third-order valence-electron chi connectivity index (χ3n) is 2.24. The van der Waals surface area contributed by atoms with E-state index >= 15 is 0 Å². The topological polar surface area (TPSA) is 49.4 Å². The molecule has 0 atom stereocenters. The largest absolute Gasteiger partial charge is 0.341 e. The van der Waals surface area contributed by atoms with Gasteiger partial charge in [-0.15, -0.1) is 0 Å². The minimum Gasteiger partial charge on any atom is -0.341 e. The van der Waals surface area contributed by atoms with Gasteiger partial charge in [0.25, 0.3) is 5.91 Å². The summed E-state index contributed by atoms with van der Waals surface area (Å²) in [7, 11) is 1.44. The fraction of sp³-hybridized carbons (Fsp3) is 0.333. The van der Waals surface area contributed by atoms with E-state index in [-0.39, 0.29) is 11.6 Å². The third-order valence-corrected chi connectivity index (χ3v) is 2.24. The molecule has 0 radical (unpaired) electrons. The predicted molar refractivity (Wildman–Crippen MR) is 62.2 cm³/mol. The molecule has 0 bridgehead atoms. The first kappa shape index (κ1) is 13.2. The first-order chi connectivity index (χ1) is 7.97. The molecule has 17 heavy (non-hydrogen) atoms. The van der Waals surface area contributed by atoms with Gasteiger partial charge in [-0.3, -0.25) is 9.69 Å². The van der Waals surface area contributed by atoms with Crippen molar-refractivity contribution in [3.8, 4) is 0 Å². The second kappa shape index (κ2) is 5.43. The van der Waals surface area contributed by atoms with Crippen molar-refractivity contribution >= 4 is 11.9 Å². The van der Waals surface area contributed by atoms with E-state index in [9.17, 15) is 14.0 Å². The fourth-order valence-corrected chi connectivity index (χ4v) is 1.44. The highest BCUT2D eigenvalue weighted by Gasteiger charge is 2.24. The lowest BCUT2D eigenvalue weighted by Crippen LogP contribution is -2.46. The van der Waals surface area contributed by atoms with Crippen LogP contribution in [0.4, 0.5) is 9.18 Å². The van der Waals surface area contributed by atoms with E-state index in [4.69, 9.17) is 0 Å². The van der Waals surface area contributed by atoms with Crippen molar-refractivity contribution < 1.29 is 14.0 Å². The minimum absolute atomic E-state index is 0.155. The maximum atomic E-state index is 13.0. The average molecular weight is 238 g/mol. The summed E-state index contributed by atoms with van der Waals surface area (Å²) in [6, 6.07) is 4.46. The van der Waals surface area contributed by atoms with Crippen LogP contribution in [0.1, 0.15) is 24.2 Å². The number of imide groups is 1. The summed E-state index contributed by atoms with van der Waals surface area (Å²) in [4.78, 5) is 24.6. The Bertz CT molecular complexity index is 432. The molecule has 1 rings (SSSR count). The lowest BCUT2D eigenvalue weighted by Gasteiger charge is -2.24. The van der Waals surface area contributed by atoms with Crippen LogP contribution in [0.15, 0.2) is 24.3 Å². The number of carbonyl (C=O) groups excluding carboxylic acids is 2. The summed E-state index contributed by atoms with van der Waals surface area (Å²) < 4.78 is 13.0.